The molecule has 1 aromatic rings. The van der Waals surface area contributed by atoms with E-state index < -0.39 is 0 Å². The molecule has 0 aromatic carbocycles. The Morgan fingerprint density at radius 1 is 1.29 bits per heavy atom. The average molecular weight is 395 g/mol. The second kappa shape index (κ2) is 12.1. The highest BCUT2D eigenvalue weighted by molar-refractivity contribution is 5.79. The summed E-state index contributed by atoms with van der Waals surface area (Å²) >= 11 is 0. The van der Waals surface area contributed by atoms with Crippen LogP contribution in [0.3, 0.4) is 0 Å². The summed E-state index contributed by atoms with van der Waals surface area (Å²) in [5, 5.41) is 6.87. The summed E-state index contributed by atoms with van der Waals surface area (Å²) in [6, 6.07) is 4.24. The average Bonchev–Trinajstić information content (AvgIpc) is 3.44. The Morgan fingerprint density at radius 2 is 2.18 bits per heavy atom. The van der Waals surface area contributed by atoms with E-state index in [1.54, 1.807) is 6.26 Å². The van der Waals surface area contributed by atoms with Crippen molar-refractivity contribution in [3.63, 3.8) is 0 Å². The molecular formula is C20H34N4O4. The van der Waals surface area contributed by atoms with Crippen LogP contribution in [0.2, 0.25) is 0 Å². The van der Waals surface area contributed by atoms with Gasteiger partial charge >= 0.3 is 0 Å². The minimum absolute atomic E-state index is 0.446. The number of morpholine rings is 1. The van der Waals surface area contributed by atoms with Crippen LogP contribution in [0.5, 0.6) is 0 Å². The zero-order valence-electron chi connectivity index (χ0n) is 16.9. The fourth-order valence-electron chi connectivity index (χ4n) is 3.73. The Hall–Kier alpha value is -1.61. The van der Waals surface area contributed by atoms with Crippen LogP contribution in [0.4, 0.5) is 0 Å². The first-order valence-electron chi connectivity index (χ1n) is 10.3. The fourth-order valence-corrected chi connectivity index (χ4v) is 3.73. The second-order valence-corrected chi connectivity index (χ2v) is 7.20. The van der Waals surface area contributed by atoms with Crippen LogP contribution in [0.1, 0.15) is 18.6 Å². The molecule has 2 unspecified atom stereocenters. The highest BCUT2D eigenvalue weighted by Gasteiger charge is 2.31. The third-order valence-electron chi connectivity index (χ3n) is 5.31. The lowest BCUT2D eigenvalue weighted by molar-refractivity contribution is 0.00246. The highest BCUT2D eigenvalue weighted by atomic mass is 16.5. The number of nitrogens with zero attached hydrogens (tertiary/aromatic N) is 2. The van der Waals surface area contributed by atoms with Gasteiger partial charge < -0.3 is 29.3 Å². The number of nitrogens with one attached hydrogen (secondary N) is 2. The molecule has 8 nitrogen and oxygen atoms in total. The number of ether oxygens (including phenoxy) is 3. The molecule has 0 saturated carbocycles. The van der Waals surface area contributed by atoms with E-state index in [4.69, 9.17) is 18.6 Å². The molecule has 3 rings (SSSR count). The summed E-state index contributed by atoms with van der Waals surface area (Å²) in [6.07, 6.45) is 3.70. The maximum Gasteiger partial charge on any atom is 0.191 e. The van der Waals surface area contributed by atoms with Crippen LogP contribution < -0.4 is 10.6 Å². The summed E-state index contributed by atoms with van der Waals surface area (Å²) < 4.78 is 22.0. The van der Waals surface area contributed by atoms with Gasteiger partial charge in [-0.2, -0.15) is 0 Å². The van der Waals surface area contributed by atoms with Crippen LogP contribution in [0, 0.1) is 5.92 Å². The van der Waals surface area contributed by atoms with Crippen molar-refractivity contribution in [2.24, 2.45) is 10.9 Å². The van der Waals surface area contributed by atoms with Gasteiger partial charge in [-0.15, -0.1) is 0 Å². The first kappa shape index (κ1) is 21.1. The van der Waals surface area contributed by atoms with E-state index in [0.717, 1.165) is 77.2 Å². The van der Waals surface area contributed by atoms with Crippen LogP contribution in [0.25, 0.3) is 0 Å². The maximum atomic E-state index is 5.64. The van der Waals surface area contributed by atoms with E-state index in [1.807, 2.05) is 19.2 Å². The van der Waals surface area contributed by atoms with Gasteiger partial charge in [-0.3, -0.25) is 9.89 Å². The zero-order valence-corrected chi connectivity index (χ0v) is 16.9. The number of hydrogen-bond donors (Lipinski definition) is 2. The molecule has 2 atom stereocenters. The van der Waals surface area contributed by atoms with Gasteiger partial charge in [-0.05, 0) is 25.0 Å². The maximum absolute atomic E-state index is 5.64. The molecular weight excluding hydrogens is 360 g/mol. The highest BCUT2D eigenvalue weighted by Crippen LogP contribution is 2.21. The number of guanidine groups is 1. The Morgan fingerprint density at radius 3 is 2.89 bits per heavy atom. The number of hydrogen-bond acceptors (Lipinski definition) is 6. The molecule has 0 bridgehead atoms. The first-order valence-corrected chi connectivity index (χ1v) is 10.3. The van der Waals surface area contributed by atoms with Crippen LogP contribution >= 0.6 is 0 Å². The lowest BCUT2D eigenvalue weighted by Crippen LogP contribution is -2.53. The lowest BCUT2D eigenvalue weighted by atomic mass is 9.97. The molecule has 0 spiro atoms. The molecule has 0 amide bonds. The van der Waals surface area contributed by atoms with Crippen LogP contribution in [-0.2, 0) is 20.8 Å². The van der Waals surface area contributed by atoms with Crippen molar-refractivity contribution in [1.82, 2.24) is 15.5 Å². The van der Waals surface area contributed by atoms with Crippen molar-refractivity contribution in [3.05, 3.63) is 24.2 Å². The molecule has 28 heavy (non-hydrogen) atoms. The standard InChI is InChI=1S/C20H34N4O4/c1-21-20(22-6-3-9-26-16-18-4-2-10-28-18)23-14-19(17-5-11-27-15-17)24-7-12-25-13-8-24/h2,4,10,17,19H,3,5-9,11-16H2,1H3,(H2,21,22,23). The van der Waals surface area contributed by atoms with Gasteiger partial charge in [0.1, 0.15) is 12.4 Å². The number of aliphatic imine (C=N–C) groups is 1. The van der Waals surface area contributed by atoms with Gasteiger partial charge in [0, 0.05) is 58.4 Å². The lowest BCUT2D eigenvalue weighted by Gasteiger charge is -2.37. The largest absolute Gasteiger partial charge is 0.467 e. The summed E-state index contributed by atoms with van der Waals surface area (Å²) in [5.74, 6) is 2.26. The summed E-state index contributed by atoms with van der Waals surface area (Å²) in [4.78, 5) is 6.89. The van der Waals surface area contributed by atoms with Gasteiger partial charge in [0.05, 0.1) is 26.1 Å². The van der Waals surface area contributed by atoms with E-state index >= 15 is 0 Å². The topological polar surface area (TPSA) is 80.5 Å². The van der Waals surface area contributed by atoms with Crippen molar-refractivity contribution in [2.45, 2.75) is 25.5 Å². The molecule has 2 N–H and O–H groups in total. The van der Waals surface area contributed by atoms with Crippen LogP contribution in [-0.4, -0.2) is 83.2 Å². The number of furan rings is 1. The summed E-state index contributed by atoms with van der Waals surface area (Å²) in [6.45, 7) is 8.20. The minimum atomic E-state index is 0.446. The Balaban J connectivity index is 1.35. The Kier molecular flexibility index (Phi) is 9.09. The van der Waals surface area contributed by atoms with Crippen LogP contribution in [0.15, 0.2) is 27.8 Å². The summed E-state index contributed by atoms with van der Waals surface area (Å²) in [5.41, 5.74) is 0. The van der Waals surface area contributed by atoms with Gasteiger partial charge in [0.25, 0.3) is 0 Å². The van der Waals surface area contributed by atoms with E-state index in [9.17, 15) is 0 Å². The molecule has 2 fully saturated rings. The monoisotopic (exact) mass is 394 g/mol. The van der Waals surface area contributed by atoms with E-state index in [2.05, 4.69) is 20.5 Å². The van der Waals surface area contributed by atoms with Crippen molar-refractivity contribution in [2.75, 3.05) is 66.3 Å². The molecule has 1 aromatic heterocycles. The van der Waals surface area contributed by atoms with Gasteiger partial charge in [0.15, 0.2) is 5.96 Å². The van der Waals surface area contributed by atoms with E-state index in [1.165, 1.54) is 0 Å². The molecule has 0 radical (unpaired) electrons. The van der Waals surface area contributed by atoms with Crippen molar-refractivity contribution < 1.29 is 18.6 Å². The second-order valence-electron chi connectivity index (χ2n) is 7.20. The first-order chi connectivity index (χ1) is 13.9. The van der Waals surface area contributed by atoms with Crippen molar-refractivity contribution >= 4 is 5.96 Å². The predicted molar refractivity (Wildman–Crippen MR) is 107 cm³/mol. The SMILES string of the molecule is CN=C(NCCCOCc1ccco1)NCC(C1CCOC1)N1CCOCC1. The van der Waals surface area contributed by atoms with Crippen molar-refractivity contribution in [1.29, 1.82) is 0 Å². The molecule has 0 aliphatic carbocycles. The Bertz CT molecular complexity index is 555. The fraction of sp³-hybridized carbons (Fsp3) is 0.750. The molecule has 158 valence electrons. The normalized spacial score (nSPS) is 22.3. The molecule has 2 aliphatic heterocycles. The van der Waals surface area contributed by atoms with Gasteiger partial charge in [0.2, 0.25) is 0 Å². The smallest absolute Gasteiger partial charge is 0.191 e. The minimum Gasteiger partial charge on any atom is -0.467 e. The molecule has 3 heterocycles. The predicted octanol–water partition coefficient (Wildman–Crippen LogP) is 1.09. The van der Waals surface area contributed by atoms with E-state index in [-0.39, 0.29) is 0 Å². The molecule has 8 heteroatoms. The quantitative estimate of drug-likeness (QED) is 0.349. The van der Waals surface area contributed by atoms with Gasteiger partial charge in [-0.1, -0.05) is 0 Å². The summed E-state index contributed by atoms with van der Waals surface area (Å²) in [7, 11) is 1.81. The van der Waals surface area contributed by atoms with E-state index in [0.29, 0.717) is 25.2 Å². The van der Waals surface area contributed by atoms with Gasteiger partial charge in [-0.25, -0.2) is 0 Å². The molecule has 2 aliphatic rings. The Labute approximate surface area is 167 Å². The third kappa shape index (κ3) is 6.77. The number of rotatable bonds is 10. The third-order valence-corrected chi connectivity index (χ3v) is 5.31. The van der Waals surface area contributed by atoms with Crippen molar-refractivity contribution in [3.8, 4) is 0 Å². The zero-order chi connectivity index (χ0) is 19.4. The molecule has 2 saturated heterocycles.